The molecule has 0 bridgehead atoms. The molecule has 0 aliphatic rings. The third-order valence-electron chi connectivity index (χ3n) is 3.61. The van der Waals surface area contributed by atoms with E-state index in [9.17, 15) is 14.0 Å². The molecule has 2 rings (SSSR count). The summed E-state index contributed by atoms with van der Waals surface area (Å²) in [6.07, 6.45) is 0. The summed E-state index contributed by atoms with van der Waals surface area (Å²) < 4.78 is 14.5. The minimum atomic E-state index is -0.608. The number of hydrogen-bond acceptors (Lipinski definition) is 3. The lowest BCUT2D eigenvalue weighted by molar-refractivity contribution is -0.125. The van der Waals surface area contributed by atoms with Gasteiger partial charge in [-0.3, -0.25) is 14.3 Å². The maximum atomic E-state index is 12.9. The number of Topliss-reactive ketones (excluding diaryl/α,β-unsaturated/α-hetero) is 1. The normalized spacial score (nSPS) is 10.6. The number of nitrogens with zero attached hydrogens (tertiary/aromatic N) is 3. The first-order valence-corrected chi connectivity index (χ1v) is 6.85. The summed E-state index contributed by atoms with van der Waals surface area (Å²) in [6, 6.07) is 5.82. The Morgan fingerprint density at radius 2 is 1.82 bits per heavy atom. The van der Waals surface area contributed by atoms with E-state index >= 15 is 0 Å². The van der Waals surface area contributed by atoms with Crippen molar-refractivity contribution in [1.29, 1.82) is 0 Å². The molecule has 0 saturated heterocycles. The van der Waals surface area contributed by atoms with Gasteiger partial charge in [0.1, 0.15) is 5.82 Å². The van der Waals surface area contributed by atoms with Crippen LogP contribution in [0, 0.1) is 19.7 Å². The number of likely N-dealkylation sites (N-methyl/N-ethyl adjacent to an activating group) is 1. The molecule has 6 heteroatoms. The van der Waals surface area contributed by atoms with Crippen LogP contribution in [0.25, 0.3) is 0 Å². The molecule has 0 aliphatic heterocycles. The molecule has 0 radical (unpaired) electrons. The smallest absolute Gasteiger partial charge is 0.295 e. The van der Waals surface area contributed by atoms with Crippen LogP contribution in [-0.2, 0) is 18.4 Å². The zero-order valence-corrected chi connectivity index (χ0v) is 13.1. The summed E-state index contributed by atoms with van der Waals surface area (Å²) in [6.45, 7) is 3.69. The second-order valence-electron chi connectivity index (χ2n) is 5.29. The number of benzene rings is 1. The van der Waals surface area contributed by atoms with Gasteiger partial charge in [0.25, 0.3) is 11.7 Å². The highest BCUT2D eigenvalue weighted by Crippen LogP contribution is 2.14. The van der Waals surface area contributed by atoms with E-state index in [1.807, 2.05) is 0 Å². The molecule has 1 aromatic carbocycles. The molecule has 116 valence electrons. The SMILES string of the molecule is Cc1nn(C)c(C)c1C(=O)C(=O)N(C)Cc1ccc(F)cc1. The molecule has 2 aromatic rings. The summed E-state index contributed by atoms with van der Waals surface area (Å²) in [7, 11) is 3.27. The van der Waals surface area contributed by atoms with E-state index in [4.69, 9.17) is 0 Å². The lowest BCUT2D eigenvalue weighted by atomic mass is 10.1. The third kappa shape index (κ3) is 3.05. The highest BCUT2D eigenvalue weighted by atomic mass is 19.1. The van der Waals surface area contributed by atoms with Crippen molar-refractivity contribution >= 4 is 11.7 Å². The molecule has 0 aliphatic carbocycles. The second kappa shape index (κ2) is 6.09. The maximum absolute atomic E-state index is 12.9. The average Bonchev–Trinajstić information content (AvgIpc) is 2.73. The van der Waals surface area contributed by atoms with Crippen molar-refractivity contribution < 1.29 is 14.0 Å². The first kappa shape index (κ1) is 15.9. The van der Waals surface area contributed by atoms with E-state index in [1.54, 1.807) is 44.8 Å². The molecular weight excluding hydrogens is 285 g/mol. The lowest BCUT2D eigenvalue weighted by Crippen LogP contribution is -2.33. The van der Waals surface area contributed by atoms with Crippen LogP contribution in [0.5, 0.6) is 0 Å². The van der Waals surface area contributed by atoms with E-state index in [0.717, 1.165) is 5.56 Å². The van der Waals surface area contributed by atoms with Crippen LogP contribution in [0.1, 0.15) is 27.3 Å². The van der Waals surface area contributed by atoms with Gasteiger partial charge in [-0.15, -0.1) is 0 Å². The fourth-order valence-corrected chi connectivity index (χ4v) is 2.32. The van der Waals surface area contributed by atoms with Crippen LogP contribution in [0.3, 0.4) is 0 Å². The van der Waals surface area contributed by atoms with Crippen LogP contribution in [-0.4, -0.2) is 33.4 Å². The third-order valence-corrected chi connectivity index (χ3v) is 3.61. The zero-order valence-electron chi connectivity index (χ0n) is 13.1. The molecule has 1 amide bonds. The molecule has 0 saturated carbocycles. The maximum Gasteiger partial charge on any atom is 0.295 e. The summed E-state index contributed by atoms with van der Waals surface area (Å²) in [5.74, 6) is -1.52. The number of aromatic nitrogens is 2. The van der Waals surface area contributed by atoms with Gasteiger partial charge in [0.15, 0.2) is 0 Å². The number of rotatable bonds is 4. The molecular formula is C16H18FN3O2. The number of aryl methyl sites for hydroxylation is 2. The average molecular weight is 303 g/mol. The largest absolute Gasteiger partial charge is 0.335 e. The van der Waals surface area contributed by atoms with Gasteiger partial charge in [0.2, 0.25) is 0 Å². The van der Waals surface area contributed by atoms with Crippen LogP contribution in [0.2, 0.25) is 0 Å². The van der Waals surface area contributed by atoms with Gasteiger partial charge in [0, 0.05) is 26.3 Å². The Morgan fingerprint density at radius 1 is 1.23 bits per heavy atom. The minimum absolute atomic E-state index is 0.239. The molecule has 0 unspecified atom stereocenters. The summed E-state index contributed by atoms with van der Waals surface area (Å²) >= 11 is 0. The van der Waals surface area contributed by atoms with Crippen LogP contribution in [0.4, 0.5) is 4.39 Å². The van der Waals surface area contributed by atoms with E-state index in [2.05, 4.69) is 5.10 Å². The molecule has 0 atom stereocenters. The Hall–Kier alpha value is -2.50. The Morgan fingerprint density at radius 3 is 2.32 bits per heavy atom. The first-order chi connectivity index (χ1) is 10.3. The number of ketones is 1. The first-order valence-electron chi connectivity index (χ1n) is 6.85. The zero-order chi connectivity index (χ0) is 16.4. The van der Waals surface area contributed by atoms with E-state index < -0.39 is 11.7 Å². The number of carbonyl (C=O) groups is 2. The lowest BCUT2D eigenvalue weighted by Gasteiger charge is -2.16. The highest BCUT2D eigenvalue weighted by molar-refractivity contribution is 6.43. The van der Waals surface area contributed by atoms with Crippen molar-refractivity contribution in [2.24, 2.45) is 7.05 Å². The molecule has 0 N–H and O–H groups in total. The number of amides is 1. The van der Waals surface area contributed by atoms with Gasteiger partial charge < -0.3 is 4.90 Å². The summed E-state index contributed by atoms with van der Waals surface area (Å²) in [5.41, 5.74) is 2.29. The summed E-state index contributed by atoms with van der Waals surface area (Å²) in [5, 5.41) is 4.15. The molecule has 22 heavy (non-hydrogen) atoms. The predicted octanol–water partition coefficient (Wildman–Crippen LogP) is 2.02. The number of halogens is 1. The van der Waals surface area contributed by atoms with Crippen LogP contribution >= 0.6 is 0 Å². The van der Waals surface area contributed by atoms with Gasteiger partial charge in [-0.1, -0.05) is 12.1 Å². The Balaban J connectivity index is 2.16. The van der Waals surface area contributed by atoms with E-state index in [1.165, 1.54) is 17.0 Å². The molecule has 1 aromatic heterocycles. The van der Waals surface area contributed by atoms with Crippen molar-refractivity contribution in [3.8, 4) is 0 Å². The van der Waals surface area contributed by atoms with Crippen molar-refractivity contribution in [2.75, 3.05) is 7.05 Å². The molecule has 0 spiro atoms. The van der Waals surface area contributed by atoms with Gasteiger partial charge in [-0.25, -0.2) is 4.39 Å². The fraction of sp³-hybridized carbons (Fsp3) is 0.312. The fourth-order valence-electron chi connectivity index (χ4n) is 2.32. The molecule has 1 heterocycles. The number of carbonyl (C=O) groups excluding carboxylic acids is 2. The number of hydrogen-bond donors (Lipinski definition) is 0. The van der Waals surface area contributed by atoms with Crippen LogP contribution < -0.4 is 0 Å². The molecule has 5 nitrogen and oxygen atoms in total. The van der Waals surface area contributed by atoms with Gasteiger partial charge >= 0.3 is 0 Å². The van der Waals surface area contributed by atoms with Gasteiger partial charge in [0.05, 0.1) is 11.3 Å². The topological polar surface area (TPSA) is 55.2 Å². The highest BCUT2D eigenvalue weighted by Gasteiger charge is 2.26. The Bertz CT molecular complexity index is 720. The van der Waals surface area contributed by atoms with Crippen molar-refractivity contribution in [3.05, 3.63) is 52.6 Å². The second-order valence-corrected chi connectivity index (χ2v) is 5.29. The van der Waals surface area contributed by atoms with Crippen molar-refractivity contribution in [1.82, 2.24) is 14.7 Å². The van der Waals surface area contributed by atoms with Crippen molar-refractivity contribution in [3.63, 3.8) is 0 Å². The van der Waals surface area contributed by atoms with E-state index in [0.29, 0.717) is 17.0 Å². The summed E-state index contributed by atoms with van der Waals surface area (Å²) in [4.78, 5) is 26.0. The quantitative estimate of drug-likeness (QED) is 0.641. The minimum Gasteiger partial charge on any atom is -0.335 e. The van der Waals surface area contributed by atoms with Gasteiger partial charge in [-0.2, -0.15) is 5.10 Å². The predicted molar refractivity (Wildman–Crippen MR) is 79.9 cm³/mol. The van der Waals surface area contributed by atoms with E-state index in [-0.39, 0.29) is 12.4 Å². The Labute approximate surface area is 128 Å². The monoisotopic (exact) mass is 303 g/mol. The Kier molecular flexibility index (Phi) is 4.40. The van der Waals surface area contributed by atoms with Crippen LogP contribution in [0.15, 0.2) is 24.3 Å². The van der Waals surface area contributed by atoms with Gasteiger partial charge in [-0.05, 0) is 31.5 Å². The standard InChI is InChI=1S/C16H18FN3O2/c1-10-14(11(2)20(4)18-10)15(21)16(22)19(3)9-12-5-7-13(17)8-6-12/h5-8H,9H2,1-4H3. The van der Waals surface area contributed by atoms with Crippen molar-refractivity contribution in [2.45, 2.75) is 20.4 Å². The molecule has 0 fully saturated rings.